The molecule has 9 nitrogen and oxygen atoms in total. The van der Waals surface area contributed by atoms with Gasteiger partial charge in [0.15, 0.2) is 5.78 Å². The van der Waals surface area contributed by atoms with Crippen LogP contribution in [0.15, 0.2) is 102 Å². The minimum absolute atomic E-state index is 0.0953. The highest BCUT2D eigenvalue weighted by Crippen LogP contribution is 2.51. The van der Waals surface area contributed by atoms with E-state index in [-0.39, 0.29) is 23.4 Å². The molecule has 2 N–H and O–H groups in total. The van der Waals surface area contributed by atoms with Crippen LogP contribution in [0.5, 0.6) is 5.75 Å². The van der Waals surface area contributed by atoms with Crippen LogP contribution in [-0.2, 0) is 23.9 Å². The van der Waals surface area contributed by atoms with Crippen molar-refractivity contribution in [3.05, 3.63) is 113 Å². The van der Waals surface area contributed by atoms with Gasteiger partial charge in [-0.05, 0) is 47.9 Å². The SMILES string of the molecule is COC(=O)C1=C(N)N(c2ccccc2)C2=C(C(=O)C(C(=O)OC)C(c3ccc(OC)cc3)C2)C1c1cccnc1. The van der Waals surface area contributed by atoms with E-state index in [9.17, 15) is 14.4 Å². The number of ketones is 1. The summed E-state index contributed by atoms with van der Waals surface area (Å²) in [5, 5.41) is 0. The molecule has 2 aromatic carbocycles. The van der Waals surface area contributed by atoms with Crippen LogP contribution in [0, 0.1) is 5.92 Å². The van der Waals surface area contributed by atoms with Crippen molar-refractivity contribution in [3.8, 4) is 5.75 Å². The molecule has 0 spiro atoms. The molecule has 9 heteroatoms. The fourth-order valence-corrected chi connectivity index (χ4v) is 5.65. The summed E-state index contributed by atoms with van der Waals surface area (Å²) in [4.78, 5) is 47.0. The predicted octanol–water partition coefficient (Wildman–Crippen LogP) is 3.84. The molecule has 3 aromatic rings. The van der Waals surface area contributed by atoms with Gasteiger partial charge in [-0.3, -0.25) is 19.5 Å². The summed E-state index contributed by atoms with van der Waals surface area (Å²) in [6, 6.07) is 20.0. The van der Waals surface area contributed by atoms with Crippen LogP contribution in [0.3, 0.4) is 0 Å². The third-order valence-electron chi connectivity index (χ3n) is 7.48. The molecule has 40 heavy (non-hydrogen) atoms. The first-order valence-electron chi connectivity index (χ1n) is 12.7. The Bertz CT molecular complexity index is 1500. The van der Waals surface area contributed by atoms with Crippen molar-refractivity contribution in [2.75, 3.05) is 26.2 Å². The van der Waals surface area contributed by atoms with Gasteiger partial charge < -0.3 is 19.9 Å². The first-order chi connectivity index (χ1) is 19.4. The van der Waals surface area contributed by atoms with Gasteiger partial charge in [0.1, 0.15) is 17.5 Å². The minimum Gasteiger partial charge on any atom is -0.497 e. The molecule has 0 radical (unpaired) electrons. The Hall–Kier alpha value is -4.92. The number of benzene rings is 2. The van der Waals surface area contributed by atoms with Crippen LogP contribution in [-0.4, -0.2) is 44.0 Å². The maximum Gasteiger partial charge on any atom is 0.338 e. The topological polar surface area (TPSA) is 121 Å². The molecule has 0 saturated carbocycles. The van der Waals surface area contributed by atoms with Crippen LogP contribution in [0.25, 0.3) is 0 Å². The second-order valence-corrected chi connectivity index (χ2v) is 9.49. The van der Waals surface area contributed by atoms with Crippen LogP contribution >= 0.6 is 0 Å². The summed E-state index contributed by atoms with van der Waals surface area (Å²) < 4.78 is 15.6. The smallest absolute Gasteiger partial charge is 0.338 e. The van der Waals surface area contributed by atoms with E-state index in [2.05, 4.69) is 4.98 Å². The minimum atomic E-state index is -1.15. The number of anilines is 1. The third kappa shape index (κ3) is 4.49. The van der Waals surface area contributed by atoms with Gasteiger partial charge in [-0.1, -0.05) is 36.4 Å². The monoisotopic (exact) mass is 539 g/mol. The standard InChI is InChI=1S/C31H29N3O6/c1-38-21-13-11-18(12-14-21)22-16-23-26(28(35)25(22)30(36)39-2)24(19-8-7-15-33-17-19)27(31(37)40-3)29(32)34(23)20-9-5-4-6-10-20/h4-15,17,22,24-25H,16,32H2,1-3H3. The maximum atomic E-state index is 14.5. The number of methoxy groups -OCH3 is 3. The quantitative estimate of drug-likeness (QED) is 0.368. The van der Waals surface area contributed by atoms with E-state index >= 15 is 0 Å². The fourth-order valence-electron chi connectivity index (χ4n) is 5.65. The average molecular weight is 540 g/mol. The summed E-state index contributed by atoms with van der Waals surface area (Å²) in [5.41, 5.74) is 9.76. The summed E-state index contributed by atoms with van der Waals surface area (Å²) in [6.45, 7) is 0. The van der Waals surface area contributed by atoms with Gasteiger partial charge in [0.2, 0.25) is 0 Å². The summed E-state index contributed by atoms with van der Waals surface area (Å²) in [7, 11) is 4.09. The lowest BCUT2D eigenvalue weighted by Crippen LogP contribution is -2.46. The number of hydrogen-bond acceptors (Lipinski definition) is 9. The van der Waals surface area contributed by atoms with Crippen LogP contribution < -0.4 is 15.4 Å². The van der Waals surface area contributed by atoms with Crippen molar-refractivity contribution in [2.45, 2.75) is 18.3 Å². The predicted molar refractivity (Wildman–Crippen MR) is 147 cm³/mol. The van der Waals surface area contributed by atoms with Crippen molar-refractivity contribution in [1.82, 2.24) is 4.98 Å². The number of Topliss-reactive ketones (excluding diaryl/α,β-unsaturated/α-hetero) is 1. The number of para-hydroxylation sites is 1. The first-order valence-corrected chi connectivity index (χ1v) is 12.7. The zero-order chi connectivity index (χ0) is 28.4. The van der Waals surface area contributed by atoms with Gasteiger partial charge in [0.25, 0.3) is 0 Å². The lowest BCUT2D eigenvalue weighted by Gasteiger charge is -2.44. The van der Waals surface area contributed by atoms with Crippen molar-refractivity contribution >= 4 is 23.4 Å². The lowest BCUT2D eigenvalue weighted by atomic mass is 9.67. The molecule has 204 valence electrons. The second-order valence-electron chi connectivity index (χ2n) is 9.49. The number of rotatable bonds is 6. The number of carbonyl (C=O) groups is 3. The van der Waals surface area contributed by atoms with Gasteiger partial charge in [-0.2, -0.15) is 0 Å². The maximum absolute atomic E-state index is 14.5. The third-order valence-corrected chi connectivity index (χ3v) is 7.48. The second kappa shape index (κ2) is 11.1. The molecule has 1 aliphatic heterocycles. The Morgan fingerprint density at radius 2 is 1.65 bits per heavy atom. The fraction of sp³-hybridized carbons (Fsp3) is 0.226. The molecule has 3 unspecified atom stereocenters. The molecule has 0 amide bonds. The van der Waals surface area contributed by atoms with E-state index < -0.39 is 35.5 Å². The number of esters is 2. The zero-order valence-electron chi connectivity index (χ0n) is 22.4. The van der Waals surface area contributed by atoms with E-state index in [1.165, 1.54) is 14.2 Å². The van der Waals surface area contributed by atoms with Crippen LogP contribution in [0.2, 0.25) is 0 Å². The van der Waals surface area contributed by atoms with Gasteiger partial charge in [-0.25, -0.2) is 4.79 Å². The van der Waals surface area contributed by atoms with Gasteiger partial charge >= 0.3 is 11.9 Å². The summed E-state index contributed by atoms with van der Waals surface area (Å²) in [5.74, 6) is -3.59. The Balaban J connectivity index is 1.79. The Labute approximate surface area is 231 Å². The Morgan fingerprint density at radius 1 is 0.925 bits per heavy atom. The molecule has 0 saturated heterocycles. The van der Waals surface area contributed by atoms with Gasteiger partial charge in [0.05, 0.1) is 32.8 Å². The number of carbonyl (C=O) groups excluding carboxylic acids is 3. The normalized spacial score (nSPS) is 20.6. The number of nitrogens with two attached hydrogens (primary N) is 1. The Kier molecular flexibility index (Phi) is 7.37. The number of pyridine rings is 1. The van der Waals surface area contributed by atoms with Crippen molar-refractivity contribution in [3.63, 3.8) is 0 Å². The molecule has 0 fully saturated rings. The molecule has 1 aliphatic carbocycles. The van der Waals surface area contributed by atoms with Gasteiger partial charge in [0, 0.05) is 35.3 Å². The summed E-state index contributed by atoms with van der Waals surface area (Å²) in [6.07, 6.45) is 3.45. The highest BCUT2D eigenvalue weighted by Gasteiger charge is 2.51. The molecule has 2 aliphatic rings. The number of ether oxygens (including phenoxy) is 3. The van der Waals surface area contributed by atoms with Crippen molar-refractivity contribution < 1.29 is 28.6 Å². The highest BCUT2D eigenvalue weighted by molar-refractivity contribution is 6.14. The van der Waals surface area contributed by atoms with Gasteiger partial charge in [-0.15, -0.1) is 0 Å². The average Bonchev–Trinajstić information content (AvgIpc) is 3.00. The highest BCUT2D eigenvalue weighted by atomic mass is 16.5. The summed E-state index contributed by atoms with van der Waals surface area (Å²) >= 11 is 0. The van der Waals surface area contributed by atoms with E-state index in [0.717, 1.165) is 5.56 Å². The molecule has 1 aromatic heterocycles. The Morgan fingerprint density at radius 3 is 2.25 bits per heavy atom. The van der Waals surface area contributed by atoms with E-state index in [1.807, 2.05) is 42.5 Å². The molecule has 0 bridgehead atoms. The number of nitrogens with zero attached hydrogens (tertiary/aromatic N) is 2. The molecular weight excluding hydrogens is 510 g/mol. The zero-order valence-corrected chi connectivity index (χ0v) is 22.4. The molecule has 5 rings (SSSR count). The van der Waals surface area contributed by atoms with Crippen LogP contribution in [0.4, 0.5) is 5.69 Å². The molecule has 2 heterocycles. The molecular formula is C31H29N3O6. The lowest BCUT2D eigenvalue weighted by molar-refractivity contribution is -0.150. The number of hydrogen-bond donors (Lipinski definition) is 1. The molecule has 3 atom stereocenters. The van der Waals surface area contributed by atoms with E-state index in [1.54, 1.807) is 48.7 Å². The largest absolute Gasteiger partial charge is 0.497 e. The van der Waals surface area contributed by atoms with Crippen LogP contribution in [0.1, 0.15) is 29.4 Å². The van der Waals surface area contributed by atoms with E-state index in [4.69, 9.17) is 19.9 Å². The first kappa shape index (κ1) is 26.7. The van der Waals surface area contributed by atoms with Crippen molar-refractivity contribution in [1.29, 1.82) is 0 Å². The van der Waals surface area contributed by atoms with E-state index in [0.29, 0.717) is 22.7 Å². The van der Waals surface area contributed by atoms with Crippen molar-refractivity contribution in [2.24, 2.45) is 11.7 Å². The number of allylic oxidation sites excluding steroid dienone is 2. The number of aromatic nitrogens is 1.